The maximum absolute atomic E-state index is 12.0. The molecule has 1 heterocycles. The van der Waals surface area contributed by atoms with Crippen molar-refractivity contribution in [3.63, 3.8) is 0 Å². The fraction of sp³-hybridized carbons (Fsp3) is 0.467. The summed E-state index contributed by atoms with van der Waals surface area (Å²) in [5.74, 6) is -0.610. The molecule has 0 aliphatic carbocycles. The van der Waals surface area contributed by atoms with E-state index in [1.807, 2.05) is 35.2 Å². The first kappa shape index (κ1) is 14.5. The van der Waals surface area contributed by atoms with Crippen LogP contribution >= 0.6 is 0 Å². The number of methoxy groups -OCH3 is 1. The van der Waals surface area contributed by atoms with Crippen molar-refractivity contribution in [2.75, 3.05) is 33.3 Å². The Kier molecular flexibility index (Phi) is 5.10. The van der Waals surface area contributed by atoms with E-state index >= 15 is 0 Å². The van der Waals surface area contributed by atoms with E-state index in [1.165, 1.54) is 7.11 Å². The Morgan fingerprint density at radius 2 is 2.30 bits per heavy atom. The number of rotatable bonds is 4. The summed E-state index contributed by atoms with van der Waals surface area (Å²) in [6.45, 7) is 2.75. The van der Waals surface area contributed by atoms with E-state index in [0.717, 1.165) is 18.7 Å². The molecule has 0 spiro atoms. The van der Waals surface area contributed by atoms with Crippen LogP contribution in [0.1, 0.15) is 11.5 Å². The molecule has 1 saturated heterocycles. The smallest absolute Gasteiger partial charge is 0.314 e. The number of esters is 1. The minimum Gasteiger partial charge on any atom is -0.469 e. The molecule has 0 bridgehead atoms. The fourth-order valence-electron chi connectivity index (χ4n) is 2.47. The number of carbonyl (C=O) groups excluding carboxylic acids is 1. The highest BCUT2D eigenvalue weighted by Gasteiger charge is 2.29. The van der Waals surface area contributed by atoms with Crippen molar-refractivity contribution in [3.05, 3.63) is 35.9 Å². The van der Waals surface area contributed by atoms with E-state index in [4.69, 9.17) is 4.74 Å². The van der Waals surface area contributed by atoms with Crippen LogP contribution in [0.4, 0.5) is 0 Å². The highest BCUT2D eigenvalue weighted by Crippen LogP contribution is 2.20. The summed E-state index contributed by atoms with van der Waals surface area (Å²) in [7, 11) is 1.40. The molecule has 2 unspecified atom stereocenters. The number of piperazine rings is 1. The maximum atomic E-state index is 12.0. The van der Waals surface area contributed by atoms with Gasteiger partial charge in [-0.2, -0.15) is 5.26 Å². The molecule has 2 atom stereocenters. The van der Waals surface area contributed by atoms with Gasteiger partial charge in [-0.15, -0.1) is 0 Å². The number of nitrogens with one attached hydrogen (secondary N) is 1. The molecule has 0 radical (unpaired) electrons. The third kappa shape index (κ3) is 3.35. The molecule has 2 rings (SSSR count). The minimum absolute atomic E-state index is 0.195. The second kappa shape index (κ2) is 7.04. The van der Waals surface area contributed by atoms with Gasteiger partial charge in [-0.1, -0.05) is 30.3 Å². The predicted octanol–water partition coefficient (Wildman–Crippen LogP) is 0.741. The lowest BCUT2D eigenvalue weighted by atomic mass is 9.97. The second-order valence-corrected chi connectivity index (χ2v) is 4.83. The summed E-state index contributed by atoms with van der Waals surface area (Å²) in [4.78, 5) is 14.1. The Bertz CT molecular complexity index is 484. The van der Waals surface area contributed by atoms with Gasteiger partial charge in [0.15, 0.2) is 0 Å². The van der Waals surface area contributed by atoms with Crippen molar-refractivity contribution in [2.24, 2.45) is 0 Å². The SMILES string of the molecule is COC(=O)C(CN1CCNCC1C#N)c1ccccc1. The quantitative estimate of drug-likeness (QED) is 0.820. The molecular formula is C15H19N3O2. The molecule has 5 heteroatoms. The van der Waals surface area contributed by atoms with Gasteiger partial charge < -0.3 is 10.1 Å². The van der Waals surface area contributed by atoms with Crippen LogP contribution < -0.4 is 5.32 Å². The highest BCUT2D eigenvalue weighted by molar-refractivity contribution is 5.78. The molecule has 1 fully saturated rings. The lowest BCUT2D eigenvalue weighted by molar-refractivity contribution is -0.143. The van der Waals surface area contributed by atoms with E-state index in [-0.39, 0.29) is 17.9 Å². The van der Waals surface area contributed by atoms with Crippen molar-refractivity contribution in [3.8, 4) is 6.07 Å². The predicted molar refractivity (Wildman–Crippen MR) is 75.0 cm³/mol. The Morgan fingerprint density at radius 1 is 1.55 bits per heavy atom. The van der Waals surface area contributed by atoms with E-state index in [0.29, 0.717) is 13.1 Å². The summed E-state index contributed by atoms with van der Waals surface area (Å²) >= 11 is 0. The monoisotopic (exact) mass is 273 g/mol. The minimum atomic E-state index is -0.352. The lowest BCUT2D eigenvalue weighted by Crippen LogP contribution is -2.52. The number of hydrogen-bond acceptors (Lipinski definition) is 5. The maximum Gasteiger partial charge on any atom is 0.314 e. The third-order valence-electron chi connectivity index (χ3n) is 3.61. The van der Waals surface area contributed by atoms with Gasteiger partial charge in [0.05, 0.1) is 19.1 Å². The zero-order valence-electron chi connectivity index (χ0n) is 11.6. The molecule has 1 aliphatic rings. The molecule has 20 heavy (non-hydrogen) atoms. The van der Waals surface area contributed by atoms with Crippen molar-refractivity contribution >= 4 is 5.97 Å². The topological polar surface area (TPSA) is 65.4 Å². The zero-order valence-corrected chi connectivity index (χ0v) is 11.6. The molecule has 0 amide bonds. The number of hydrogen-bond donors (Lipinski definition) is 1. The van der Waals surface area contributed by atoms with Crippen molar-refractivity contribution in [2.45, 2.75) is 12.0 Å². The van der Waals surface area contributed by atoms with E-state index in [2.05, 4.69) is 11.4 Å². The van der Waals surface area contributed by atoms with E-state index in [1.54, 1.807) is 0 Å². The van der Waals surface area contributed by atoms with E-state index in [9.17, 15) is 10.1 Å². The molecule has 106 valence electrons. The summed E-state index contributed by atoms with van der Waals surface area (Å²) in [6.07, 6.45) is 0. The second-order valence-electron chi connectivity index (χ2n) is 4.83. The van der Waals surface area contributed by atoms with Gasteiger partial charge in [0.1, 0.15) is 6.04 Å². The van der Waals surface area contributed by atoms with Gasteiger partial charge >= 0.3 is 5.97 Å². The van der Waals surface area contributed by atoms with Crippen molar-refractivity contribution in [1.29, 1.82) is 5.26 Å². The molecule has 1 N–H and O–H groups in total. The summed E-state index contributed by atoms with van der Waals surface area (Å²) in [6, 6.07) is 11.7. The average molecular weight is 273 g/mol. The summed E-state index contributed by atoms with van der Waals surface area (Å²) in [5.41, 5.74) is 0.926. The fourth-order valence-corrected chi connectivity index (χ4v) is 2.47. The Balaban J connectivity index is 2.16. The first-order valence-electron chi connectivity index (χ1n) is 6.73. The van der Waals surface area contributed by atoms with E-state index < -0.39 is 0 Å². The zero-order chi connectivity index (χ0) is 14.4. The lowest BCUT2D eigenvalue weighted by Gasteiger charge is -2.34. The van der Waals surface area contributed by atoms with Crippen LogP contribution in [-0.4, -0.2) is 50.2 Å². The van der Waals surface area contributed by atoms with Crippen LogP contribution in [0, 0.1) is 11.3 Å². The van der Waals surface area contributed by atoms with Gasteiger partial charge in [-0.05, 0) is 5.56 Å². The molecule has 1 aromatic rings. The van der Waals surface area contributed by atoms with Gasteiger partial charge in [0.2, 0.25) is 0 Å². The van der Waals surface area contributed by atoms with Crippen LogP contribution in [0.5, 0.6) is 0 Å². The highest BCUT2D eigenvalue weighted by atomic mass is 16.5. The van der Waals surface area contributed by atoms with Gasteiger partial charge in [-0.3, -0.25) is 9.69 Å². The van der Waals surface area contributed by atoms with Crippen LogP contribution in [0.25, 0.3) is 0 Å². The molecule has 0 saturated carbocycles. The first-order chi connectivity index (χ1) is 9.76. The number of nitrogens with zero attached hydrogens (tertiary/aromatic N) is 2. The van der Waals surface area contributed by atoms with Crippen molar-refractivity contribution < 1.29 is 9.53 Å². The number of carbonyl (C=O) groups is 1. The molecule has 1 aliphatic heterocycles. The Morgan fingerprint density at radius 3 is 2.95 bits per heavy atom. The molecular weight excluding hydrogens is 254 g/mol. The summed E-state index contributed by atoms with van der Waals surface area (Å²) in [5, 5.41) is 12.4. The van der Waals surface area contributed by atoms with Crippen LogP contribution in [0.15, 0.2) is 30.3 Å². The molecule has 5 nitrogen and oxygen atoms in total. The van der Waals surface area contributed by atoms with Gasteiger partial charge in [-0.25, -0.2) is 0 Å². The standard InChI is InChI=1S/C15H19N3O2/c1-20-15(19)14(12-5-3-2-4-6-12)11-18-8-7-17-10-13(18)9-16/h2-6,13-14,17H,7-8,10-11H2,1H3. The van der Waals surface area contributed by atoms with Gasteiger partial charge in [0.25, 0.3) is 0 Å². The average Bonchev–Trinajstić information content (AvgIpc) is 2.53. The van der Waals surface area contributed by atoms with Crippen molar-refractivity contribution in [1.82, 2.24) is 10.2 Å². The Hall–Kier alpha value is -1.90. The van der Waals surface area contributed by atoms with Crippen LogP contribution in [0.2, 0.25) is 0 Å². The number of benzene rings is 1. The van der Waals surface area contributed by atoms with Crippen LogP contribution in [0.3, 0.4) is 0 Å². The Labute approximate surface area is 119 Å². The van der Waals surface area contributed by atoms with Crippen LogP contribution in [-0.2, 0) is 9.53 Å². The largest absolute Gasteiger partial charge is 0.469 e. The molecule has 1 aromatic carbocycles. The third-order valence-corrected chi connectivity index (χ3v) is 3.61. The number of nitriles is 1. The van der Waals surface area contributed by atoms with Gasteiger partial charge in [0, 0.05) is 26.2 Å². The summed E-state index contributed by atoms with van der Waals surface area (Å²) < 4.78 is 4.91. The first-order valence-corrected chi connectivity index (χ1v) is 6.73. The number of ether oxygens (including phenoxy) is 1. The molecule has 0 aromatic heterocycles. The normalized spacial score (nSPS) is 20.9.